The second kappa shape index (κ2) is 8.08. The van der Waals surface area contributed by atoms with Gasteiger partial charge < -0.3 is 0 Å². The van der Waals surface area contributed by atoms with Gasteiger partial charge in [-0.15, -0.1) is 0 Å². The lowest BCUT2D eigenvalue weighted by atomic mass is 10.2. The molecule has 152 valence electrons. The van der Waals surface area contributed by atoms with Gasteiger partial charge in [0.1, 0.15) is 5.82 Å². The molecule has 0 unspecified atom stereocenters. The van der Waals surface area contributed by atoms with Crippen LogP contribution >= 0.6 is 11.6 Å². The molecule has 10 heteroatoms. The Labute approximate surface area is 169 Å². The second-order valence-electron chi connectivity index (χ2n) is 6.53. The number of benzene rings is 2. The second-order valence-corrected chi connectivity index (χ2v) is 10.8. The Hall–Kier alpha value is -1.52. The van der Waals surface area contributed by atoms with Crippen LogP contribution in [-0.4, -0.2) is 51.6 Å². The van der Waals surface area contributed by atoms with Crippen LogP contribution < -0.4 is 0 Å². The van der Waals surface area contributed by atoms with Crippen LogP contribution in [0.25, 0.3) is 0 Å². The summed E-state index contributed by atoms with van der Waals surface area (Å²) < 4.78 is 67.3. The summed E-state index contributed by atoms with van der Waals surface area (Å²) in [5, 5.41) is 0.319. The Bertz CT molecular complexity index is 1070. The van der Waals surface area contributed by atoms with Crippen molar-refractivity contribution in [3.63, 3.8) is 0 Å². The Morgan fingerprint density at radius 2 is 1.43 bits per heavy atom. The van der Waals surface area contributed by atoms with Crippen LogP contribution in [0.1, 0.15) is 12.0 Å². The normalized spacial score (nSPS) is 17.4. The van der Waals surface area contributed by atoms with E-state index in [1.807, 2.05) is 0 Å². The van der Waals surface area contributed by atoms with E-state index in [1.165, 1.54) is 26.8 Å². The molecular formula is C18H20ClFN2O4S2. The highest BCUT2D eigenvalue weighted by Crippen LogP contribution is 2.25. The van der Waals surface area contributed by atoms with E-state index >= 15 is 0 Å². The molecule has 3 rings (SSSR count). The van der Waals surface area contributed by atoms with E-state index in [1.54, 1.807) is 19.1 Å². The van der Waals surface area contributed by atoms with Crippen LogP contribution in [0.3, 0.4) is 0 Å². The molecule has 0 amide bonds. The average molecular weight is 447 g/mol. The van der Waals surface area contributed by atoms with Gasteiger partial charge in [-0.1, -0.05) is 17.7 Å². The molecule has 1 fully saturated rings. The number of hydrogen-bond donors (Lipinski definition) is 0. The number of aryl methyl sites for hydroxylation is 1. The van der Waals surface area contributed by atoms with Gasteiger partial charge in [0.15, 0.2) is 0 Å². The first-order valence-electron chi connectivity index (χ1n) is 8.64. The van der Waals surface area contributed by atoms with Gasteiger partial charge in [0, 0.05) is 31.2 Å². The van der Waals surface area contributed by atoms with Gasteiger partial charge in [-0.3, -0.25) is 0 Å². The summed E-state index contributed by atoms with van der Waals surface area (Å²) >= 11 is 5.96. The summed E-state index contributed by atoms with van der Waals surface area (Å²) in [6.45, 7) is 2.10. The lowest BCUT2D eigenvalue weighted by Crippen LogP contribution is -2.37. The third-order valence-electron chi connectivity index (χ3n) is 4.63. The smallest absolute Gasteiger partial charge is 0.207 e. The van der Waals surface area contributed by atoms with Crippen LogP contribution in [0.5, 0.6) is 0 Å². The largest absolute Gasteiger partial charge is 0.243 e. The van der Waals surface area contributed by atoms with Crippen molar-refractivity contribution in [3.05, 3.63) is 58.9 Å². The highest BCUT2D eigenvalue weighted by atomic mass is 35.5. The summed E-state index contributed by atoms with van der Waals surface area (Å²) in [5.41, 5.74) is 0.574. The van der Waals surface area contributed by atoms with Gasteiger partial charge in [0.2, 0.25) is 20.0 Å². The summed E-state index contributed by atoms with van der Waals surface area (Å²) in [7, 11) is -7.63. The van der Waals surface area contributed by atoms with Crippen LogP contribution in [0.2, 0.25) is 5.02 Å². The fraction of sp³-hybridized carbons (Fsp3) is 0.333. The lowest BCUT2D eigenvalue weighted by Gasteiger charge is -2.22. The zero-order chi connectivity index (χ0) is 20.5. The minimum atomic E-state index is -3.83. The number of halogens is 2. The third-order valence-corrected chi connectivity index (χ3v) is 8.82. The van der Waals surface area contributed by atoms with Crippen LogP contribution in [0.15, 0.2) is 52.3 Å². The minimum Gasteiger partial charge on any atom is -0.207 e. The first-order valence-corrected chi connectivity index (χ1v) is 11.9. The van der Waals surface area contributed by atoms with Crippen molar-refractivity contribution in [1.29, 1.82) is 0 Å². The number of rotatable bonds is 4. The Balaban J connectivity index is 1.83. The molecule has 1 saturated heterocycles. The van der Waals surface area contributed by atoms with Gasteiger partial charge in [-0.25, -0.2) is 21.2 Å². The minimum absolute atomic E-state index is 0.0125. The van der Waals surface area contributed by atoms with E-state index in [-0.39, 0.29) is 36.0 Å². The van der Waals surface area contributed by atoms with Crippen molar-refractivity contribution < 1.29 is 21.2 Å². The molecule has 0 saturated carbocycles. The molecule has 1 aliphatic rings. The third kappa shape index (κ3) is 4.23. The maximum absolute atomic E-state index is 13.1. The van der Waals surface area contributed by atoms with Gasteiger partial charge in [0.05, 0.1) is 9.79 Å². The Morgan fingerprint density at radius 1 is 0.857 bits per heavy atom. The molecular weight excluding hydrogens is 427 g/mol. The quantitative estimate of drug-likeness (QED) is 0.723. The molecule has 2 aromatic carbocycles. The van der Waals surface area contributed by atoms with Crippen molar-refractivity contribution >= 4 is 31.6 Å². The van der Waals surface area contributed by atoms with Gasteiger partial charge in [0.25, 0.3) is 0 Å². The summed E-state index contributed by atoms with van der Waals surface area (Å²) in [6.07, 6.45) is 0.346. The van der Waals surface area contributed by atoms with Crippen molar-refractivity contribution in [2.75, 3.05) is 26.2 Å². The topological polar surface area (TPSA) is 74.8 Å². The molecule has 0 aromatic heterocycles. The standard InChI is InChI=1S/C18H20ClFN2O4S2/c1-14-3-4-15(19)13-18(14)28(25,26)22-10-2-9-21(11-12-22)27(23,24)17-7-5-16(20)6-8-17/h3-8,13H,2,9-12H2,1H3. The number of sulfonamides is 2. The van der Waals surface area contributed by atoms with Crippen molar-refractivity contribution in [2.24, 2.45) is 0 Å². The van der Waals surface area contributed by atoms with E-state index < -0.39 is 25.9 Å². The van der Waals surface area contributed by atoms with Crippen molar-refractivity contribution in [3.8, 4) is 0 Å². The first kappa shape index (κ1) is 21.2. The number of nitrogens with zero attached hydrogens (tertiary/aromatic N) is 2. The van der Waals surface area contributed by atoms with Gasteiger partial charge in [-0.2, -0.15) is 8.61 Å². The molecule has 0 spiro atoms. The summed E-state index contributed by atoms with van der Waals surface area (Å²) in [4.78, 5) is 0.103. The molecule has 0 radical (unpaired) electrons. The molecule has 0 N–H and O–H groups in total. The first-order chi connectivity index (χ1) is 13.1. The molecule has 2 aromatic rings. The number of hydrogen-bond acceptors (Lipinski definition) is 4. The molecule has 28 heavy (non-hydrogen) atoms. The summed E-state index contributed by atoms with van der Waals surface area (Å²) in [6, 6.07) is 9.25. The molecule has 0 bridgehead atoms. The average Bonchev–Trinajstić information content (AvgIpc) is 2.91. The van der Waals surface area contributed by atoms with Crippen molar-refractivity contribution in [1.82, 2.24) is 8.61 Å². The molecule has 6 nitrogen and oxygen atoms in total. The zero-order valence-corrected chi connectivity index (χ0v) is 17.6. The fourth-order valence-electron chi connectivity index (χ4n) is 3.10. The highest BCUT2D eigenvalue weighted by Gasteiger charge is 2.32. The summed E-state index contributed by atoms with van der Waals surface area (Å²) in [5.74, 6) is -0.524. The van der Waals surface area contributed by atoms with E-state index in [9.17, 15) is 21.2 Å². The molecule has 0 atom stereocenters. The SMILES string of the molecule is Cc1ccc(Cl)cc1S(=O)(=O)N1CCCN(S(=O)(=O)c2ccc(F)cc2)CC1. The van der Waals surface area contributed by atoms with E-state index in [0.717, 1.165) is 12.1 Å². The van der Waals surface area contributed by atoms with Crippen molar-refractivity contribution in [2.45, 2.75) is 23.1 Å². The monoisotopic (exact) mass is 446 g/mol. The van der Waals surface area contributed by atoms with E-state index in [4.69, 9.17) is 11.6 Å². The van der Waals surface area contributed by atoms with Gasteiger partial charge in [-0.05, 0) is 55.3 Å². The van der Waals surface area contributed by atoms with E-state index in [2.05, 4.69) is 0 Å². The molecule has 1 aliphatic heterocycles. The van der Waals surface area contributed by atoms with Crippen LogP contribution in [0, 0.1) is 12.7 Å². The van der Waals surface area contributed by atoms with E-state index in [0.29, 0.717) is 17.0 Å². The molecule has 0 aliphatic carbocycles. The Morgan fingerprint density at radius 3 is 2.04 bits per heavy atom. The lowest BCUT2D eigenvalue weighted by molar-refractivity contribution is 0.404. The predicted octanol–water partition coefficient (Wildman–Crippen LogP) is 2.87. The highest BCUT2D eigenvalue weighted by molar-refractivity contribution is 7.89. The van der Waals surface area contributed by atoms with Crippen LogP contribution in [0.4, 0.5) is 4.39 Å². The maximum Gasteiger partial charge on any atom is 0.243 e. The molecule has 1 heterocycles. The van der Waals surface area contributed by atoms with Gasteiger partial charge >= 0.3 is 0 Å². The fourth-order valence-corrected chi connectivity index (χ4v) is 6.52. The van der Waals surface area contributed by atoms with Crippen LogP contribution in [-0.2, 0) is 20.0 Å². The maximum atomic E-state index is 13.1. The zero-order valence-electron chi connectivity index (χ0n) is 15.2. The predicted molar refractivity (Wildman–Crippen MR) is 105 cm³/mol. The Kier molecular flexibility index (Phi) is 6.11.